The number of likely N-dealkylation sites (tertiary alicyclic amines) is 1. The Morgan fingerprint density at radius 3 is 2.88 bits per heavy atom. The minimum atomic E-state index is 0.386. The topological polar surface area (TPSA) is 34.3 Å². The third kappa shape index (κ3) is 2.96. The van der Waals surface area contributed by atoms with E-state index < -0.39 is 0 Å². The molecule has 1 aliphatic carbocycles. The van der Waals surface area contributed by atoms with Crippen LogP contribution in [0.25, 0.3) is 10.9 Å². The van der Waals surface area contributed by atoms with Gasteiger partial charge in [-0.2, -0.15) is 0 Å². The lowest BCUT2D eigenvalue weighted by Gasteiger charge is -2.46. The lowest BCUT2D eigenvalue weighted by Crippen LogP contribution is -2.56. The quantitative estimate of drug-likeness (QED) is 0.718. The Hall–Kier alpha value is -1.11. The van der Waals surface area contributed by atoms with Crippen LogP contribution in [0, 0.1) is 0 Å². The van der Waals surface area contributed by atoms with Crippen molar-refractivity contribution >= 4 is 44.2 Å². The van der Waals surface area contributed by atoms with E-state index >= 15 is 0 Å². The van der Waals surface area contributed by atoms with Gasteiger partial charge in [-0.3, -0.25) is 0 Å². The third-order valence-electron chi connectivity index (χ3n) is 6.17. The molecule has 1 saturated heterocycles. The highest BCUT2D eigenvalue weighted by Gasteiger charge is 2.40. The van der Waals surface area contributed by atoms with Gasteiger partial charge < -0.3 is 20.1 Å². The Labute approximate surface area is 169 Å². The van der Waals surface area contributed by atoms with Crippen molar-refractivity contribution < 1.29 is 0 Å². The van der Waals surface area contributed by atoms with Gasteiger partial charge in [-0.15, -0.1) is 0 Å². The summed E-state index contributed by atoms with van der Waals surface area (Å²) in [5, 5.41) is 5.97. The highest BCUT2D eigenvalue weighted by Crippen LogP contribution is 2.46. The number of nitrogens with one attached hydrogen (secondary N) is 2. The van der Waals surface area contributed by atoms with Crippen LogP contribution in [-0.4, -0.2) is 58.7 Å². The molecular weight excluding hydrogens is 408 g/mol. The minimum absolute atomic E-state index is 0.386. The number of benzene rings is 1. The highest BCUT2D eigenvalue weighted by atomic mass is 79.9. The number of piperidine rings is 1. The molecule has 2 aromatic rings. The fourth-order valence-corrected chi connectivity index (χ4v) is 5.91. The fourth-order valence-electron chi connectivity index (χ4n) is 4.86. The van der Waals surface area contributed by atoms with E-state index in [1.807, 2.05) is 0 Å². The molecule has 2 aliphatic rings. The van der Waals surface area contributed by atoms with Gasteiger partial charge in [0.15, 0.2) is 5.11 Å². The number of H-pyrrole nitrogens is 1. The number of likely N-dealkylation sites (N-methyl/N-ethyl adjacent to an activating group) is 1. The lowest BCUT2D eigenvalue weighted by molar-refractivity contribution is 0.133. The molecule has 1 aliphatic heterocycles. The lowest BCUT2D eigenvalue weighted by atomic mass is 9.74. The molecule has 26 heavy (non-hydrogen) atoms. The molecule has 2 N–H and O–H groups in total. The largest absolute Gasteiger partial charge is 0.361 e. The van der Waals surface area contributed by atoms with Crippen molar-refractivity contribution in [2.24, 2.45) is 0 Å². The van der Waals surface area contributed by atoms with Crippen LogP contribution in [0.4, 0.5) is 0 Å². The Balaban J connectivity index is 1.64. The summed E-state index contributed by atoms with van der Waals surface area (Å²) in [7, 11) is 2.26. The maximum Gasteiger partial charge on any atom is 0.169 e. The van der Waals surface area contributed by atoms with Crippen molar-refractivity contribution in [3.8, 4) is 0 Å². The molecule has 0 bridgehead atoms. The van der Waals surface area contributed by atoms with Crippen LogP contribution in [0.1, 0.15) is 37.3 Å². The predicted octanol–water partition coefficient (Wildman–Crippen LogP) is 3.86. The first-order valence-corrected chi connectivity index (χ1v) is 10.8. The van der Waals surface area contributed by atoms with Gasteiger partial charge in [0.2, 0.25) is 0 Å². The maximum absolute atomic E-state index is 5.66. The van der Waals surface area contributed by atoms with Crippen molar-refractivity contribution in [2.75, 3.05) is 26.7 Å². The average molecular weight is 435 g/mol. The van der Waals surface area contributed by atoms with Gasteiger partial charge in [-0.25, -0.2) is 0 Å². The molecule has 0 amide bonds. The molecule has 1 aromatic carbocycles. The SMILES string of the molecule is CCN(CC)C(=S)N[C@H]1C[C@@H]2c3c(Br)ccc4[nH]cc(c34)C[C@H]2N(C)C1. The molecule has 6 heteroatoms. The van der Waals surface area contributed by atoms with E-state index in [9.17, 15) is 0 Å². The van der Waals surface area contributed by atoms with Crippen LogP contribution in [0.3, 0.4) is 0 Å². The number of hydrogen-bond donors (Lipinski definition) is 2. The molecule has 1 fully saturated rings. The van der Waals surface area contributed by atoms with Crippen LogP contribution in [0.15, 0.2) is 22.8 Å². The van der Waals surface area contributed by atoms with Crippen molar-refractivity contribution in [1.29, 1.82) is 0 Å². The smallest absolute Gasteiger partial charge is 0.169 e. The molecule has 0 unspecified atom stereocenters. The highest BCUT2D eigenvalue weighted by molar-refractivity contribution is 9.10. The van der Waals surface area contributed by atoms with E-state index in [0.717, 1.165) is 37.6 Å². The summed E-state index contributed by atoms with van der Waals surface area (Å²) in [5.74, 6) is 0.520. The second-order valence-corrected chi connectivity index (χ2v) is 8.81. The first-order valence-electron chi connectivity index (χ1n) is 9.57. The summed E-state index contributed by atoms with van der Waals surface area (Å²) >= 11 is 9.50. The van der Waals surface area contributed by atoms with Crippen molar-refractivity contribution in [3.05, 3.63) is 33.9 Å². The van der Waals surface area contributed by atoms with E-state index in [-0.39, 0.29) is 0 Å². The first kappa shape index (κ1) is 18.3. The Morgan fingerprint density at radius 1 is 1.38 bits per heavy atom. The van der Waals surface area contributed by atoms with Crippen molar-refractivity contribution in [2.45, 2.75) is 44.7 Å². The molecule has 0 saturated carbocycles. The second kappa shape index (κ2) is 7.13. The van der Waals surface area contributed by atoms with E-state index in [2.05, 4.69) is 75.3 Å². The normalized spacial score (nSPS) is 25.2. The Morgan fingerprint density at radius 2 is 2.15 bits per heavy atom. The third-order valence-corrected chi connectivity index (χ3v) is 7.24. The number of aromatic nitrogens is 1. The van der Waals surface area contributed by atoms with Crippen LogP contribution < -0.4 is 5.32 Å². The zero-order chi connectivity index (χ0) is 18.4. The molecule has 1 aromatic heterocycles. The van der Waals surface area contributed by atoms with Gasteiger partial charge in [-0.1, -0.05) is 15.9 Å². The number of rotatable bonds is 3. The summed E-state index contributed by atoms with van der Waals surface area (Å²) in [6.45, 7) is 7.26. The number of halogens is 1. The van der Waals surface area contributed by atoms with E-state index in [1.54, 1.807) is 0 Å². The molecule has 4 nitrogen and oxygen atoms in total. The average Bonchev–Trinajstić information content (AvgIpc) is 3.02. The predicted molar refractivity (Wildman–Crippen MR) is 116 cm³/mol. The summed E-state index contributed by atoms with van der Waals surface area (Å²) in [6.07, 6.45) is 4.45. The van der Waals surface area contributed by atoms with E-state index in [1.165, 1.54) is 26.5 Å². The standard InChI is InChI=1S/C20H27BrN4S/c1-4-25(5-2)20(26)23-13-9-14-17(24(3)11-13)8-12-10-22-16-7-6-15(21)19(14)18(12)16/h6-7,10,13-14,17,22H,4-5,8-9,11H2,1-3H3,(H,23,26)/t13-,14-,17+/m0/s1. The Bertz CT molecular complexity index is 829. The number of hydrogen-bond acceptors (Lipinski definition) is 2. The van der Waals surface area contributed by atoms with Crippen molar-refractivity contribution in [1.82, 2.24) is 20.1 Å². The van der Waals surface area contributed by atoms with Crippen LogP contribution in [0.2, 0.25) is 0 Å². The molecule has 0 spiro atoms. The fraction of sp³-hybridized carbons (Fsp3) is 0.550. The summed E-state index contributed by atoms with van der Waals surface area (Å²) < 4.78 is 1.24. The molecule has 4 rings (SSSR count). The van der Waals surface area contributed by atoms with E-state index in [4.69, 9.17) is 12.2 Å². The minimum Gasteiger partial charge on any atom is -0.361 e. The number of nitrogens with zero attached hydrogens (tertiary/aromatic N) is 2. The molecule has 140 valence electrons. The summed E-state index contributed by atoms with van der Waals surface area (Å²) in [5.41, 5.74) is 4.18. The molecular formula is C20H27BrN4S. The van der Waals surface area contributed by atoms with Gasteiger partial charge in [0, 0.05) is 59.2 Å². The maximum atomic E-state index is 5.66. The second-order valence-electron chi connectivity index (χ2n) is 7.57. The van der Waals surface area contributed by atoms with Gasteiger partial charge in [0.05, 0.1) is 0 Å². The zero-order valence-corrected chi connectivity index (χ0v) is 18.1. The van der Waals surface area contributed by atoms with Gasteiger partial charge in [0.25, 0.3) is 0 Å². The van der Waals surface area contributed by atoms with E-state index in [0.29, 0.717) is 18.0 Å². The zero-order valence-electron chi connectivity index (χ0n) is 15.7. The summed E-state index contributed by atoms with van der Waals surface area (Å²) in [4.78, 5) is 8.21. The van der Waals surface area contributed by atoms with Gasteiger partial charge in [-0.05, 0) is 69.2 Å². The first-order chi connectivity index (χ1) is 12.5. The molecule has 0 radical (unpaired) electrons. The summed E-state index contributed by atoms with van der Waals surface area (Å²) in [6, 6.07) is 5.32. The van der Waals surface area contributed by atoms with Gasteiger partial charge in [0.1, 0.15) is 0 Å². The Kier molecular flexibility index (Phi) is 5.01. The number of aromatic amines is 1. The van der Waals surface area contributed by atoms with Crippen LogP contribution >= 0.6 is 28.1 Å². The van der Waals surface area contributed by atoms with Crippen LogP contribution in [0.5, 0.6) is 0 Å². The number of thiocarbonyl (C=S) groups is 1. The van der Waals surface area contributed by atoms with Crippen LogP contribution in [-0.2, 0) is 6.42 Å². The number of fused-ring (bicyclic) bond motifs is 2. The molecule has 3 atom stereocenters. The van der Waals surface area contributed by atoms with Crippen molar-refractivity contribution in [3.63, 3.8) is 0 Å². The van der Waals surface area contributed by atoms with Gasteiger partial charge >= 0.3 is 0 Å². The molecule has 2 heterocycles. The monoisotopic (exact) mass is 434 g/mol.